The number of aryl methyl sites for hydroxylation is 2. The molecule has 0 saturated heterocycles. The summed E-state index contributed by atoms with van der Waals surface area (Å²) in [4.78, 5) is 4.83. The van der Waals surface area contributed by atoms with E-state index in [1.807, 2.05) is 31.4 Å². The third-order valence-corrected chi connectivity index (χ3v) is 7.68. The molecule has 3 rings (SSSR count). The van der Waals surface area contributed by atoms with E-state index < -0.39 is 10.0 Å². The Kier molecular flexibility index (Phi) is 8.85. The zero-order valence-electron chi connectivity index (χ0n) is 19.4. The van der Waals surface area contributed by atoms with Gasteiger partial charge in [-0.25, -0.2) is 13.4 Å². The summed E-state index contributed by atoms with van der Waals surface area (Å²) in [5.41, 5.74) is 2.97. The summed E-state index contributed by atoms with van der Waals surface area (Å²) in [5.74, 6) is 1.40. The van der Waals surface area contributed by atoms with Gasteiger partial charge in [-0.3, -0.25) is 0 Å². The molecule has 0 atom stereocenters. The molecule has 0 unspecified atom stereocenters. The van der Waals surface area contributed by atoms with Gasteiger partial charge in [0, 0.05) is 25.6 Å². The SMILES string of the molecule is COCCCN(Cc1csc(COc2cc(C)cc(C)c2)n1)S(=O)(=O)c1ccc(OC)cc1. The van der Waals surface area contributed by atoms with E-state index in [9.17, 15) is 8.42 Å². The summed E-state index contributed by atoms with van der Waals surface area (Å²) in [6.45, 7) is 5.38. The molecular weight excluding hydrogens is 460 g/mol. The molecule has 33 heavy (non-hydrogen) atoms. The first-order chi connectivity index (χ1) is 15.8. The van der Waals surface area contributed by atoms with Gasteiger partial charge in [0.05, 0.1) is 24.2 Å². The molecule has 0 aliphatic rings. The van der Waals surface area contributed by atoms with Gasteiger partial charge in [-0.1, -0.05) is 6.07 Å². The third kappa shape index (κ3) is 7.01. The fourth-order valence-electron chi connectivity index (χ4n) is 3.40. The molecule has 1 heterocycles. The lowest BCUT2D eigenvalue weighted by atomic mass is 10.1. The smallest absolute Gasteiger partial charge is 0.243 e. The molecule has 0 aliphatic heterocycles. The molecule has 2 aromatic carbocycles. The van der Waals surface area contributed by atoms with Gasteiger partial charge in [0.15, 0.2) is 0 Å². The first kappa shape index (κ1) is 25.2. The highest BCUT2D eigenvalue weighted by atomic mass is 32.2. The van der Waals surface area contributed by atoms with E-state index in [0.717, 1.165) is 21.9 Å². The molecular formula is C24H30N2O5S2. The number of benzene rings is 2. The number of aromatic nitrogens is 1. The van der Waals surface area contributed by atoms with Gasteiger partial charge in [0.2, 0.25) is 10.0 Å². The van der Waals surface area contributed by atoms with E-state index in [-0.39, 0.29) is 11.4 Å². The molecule has 178 valence electrons. The number of rotatable bonds is 12. The van der Waals surface area contributed by atoms with Crippen molar-refractivity contribution in [3.05, 3.63) is 69.7 Å². The number of hydrogen-bond acceptors (Lipinski definition) is 7. The molecule has 0 bridgehead atoms. The minimum Gasteiger partial charge on any atom is -0.497 e. The van der Waals surface area contributed by atoms with E-state index >= 15 is 0 Å². The molecule has 9 heteroatoms. The van der Waals surface area contributed by atoms with Gasteiger partial charge < -0.3 is 14.2 Å². The van der Waals surface area contributed by atoms with E-state index in [4.69, 9.17) is 14.2 Å². The first-order valence-electron chi connectivity index (χ1n) is 10.6. The number of sulfonamides is 1. The Morgan fingerprint density at radius 3 is 2.33 bits per heavy atom. The Balaban J connectivity index is 1.72. The topological polar surface area (TPSA) is 78.0 Å². The zero-order chi connectivity index (χ0) is 23.8. The first-order valence-corrected chi connectivity index (χ1v) is 12.9. The van der Waals surface area contributed by atoms with Crippen LogP contribution < -0.4 is 9.47 Å². The summed E-state index contributed by atoms with van der Waals surface area (Å²) in [7, 11) is -0.557. The van der Waals surface area contributed by atoms with Gasteiger partial charge in [-0.05, 0) is 67.8 Å². The summed E-state index contributed by atoms with van der Waals surface area (Å²) >= 11 is 1.46. The highest BCUT2D eigenvalue weighted by Crippen LogP contribution is 2.23. The number of methoxy groups -OCH3 is 2. The minimum absolute atomic E-state index is 0.179. The van der Waals surface area contributed by atoms with Gasteiger partial charge in [-0.2, -0.15) is 4.31 Å². The average Bonchev–Trinajstić information content (AvgIpc) is 3.24. The van der Waals surface area contributed by atoms with Crippen molar-refractivity contribution in [3.63, 3.8) is 0 Å². The summed E-state index contributed by atoms with van der Waals surface area (Å²) in [6.07, 6.45) is 0.582. The van der Waals surface area contributed by atoms with Crippen molar-refractivity contribution in [1.82, 2.24) is 9.29 Å². The van der Waals surface area contributed by atoms with Crippen LogP contribution in [-0.2, 0) is 27.9 Å². The lowest BCUT2D eigenvalue weighted by Gasteiger charge is -2.21. The molecule has 0 saturated carbocycles. The Bertz CT molecular complexity index is 1120. The number of nitrogens with zero attached hydrogens (tertiary/aromatic N) is 2. The number of thiazole rings is 1. The summed E-state index contributed by atoms with van der Waals surface area (Å²) < 4.78 is 44.2. The van der Waals surface area contributed by atoms with Crippen LogP contribution in [-0.4, -0.2) is 45.1 Å². The standard InChI is InChI=1S/C24H30N2O5S2/c1-18-12-19(2)14-22(13-18)31-16-24-25-20(17-32-24)15-26(10-5-11-29-3)33(27,28)23-8-6-21(30-4)7-9-23/h6-9,12-14,17H,5,10-11,15-16H2,1-4H3. The minimum atomic E-state index is -3.70. The van der Waals surface area contributed by atoms with Gasteiger partial charge in [0.1, 0.15) is 23.1 Å². The van der Waals surface area contributed by atoms with E-state index in [0.29, 0.717) is 37.6 Å². The summed E-state index contributed by atoms with van der Waals surface area (Å²) in [5, 5.41) is 2.68. The largest absolute Gasteiger partial charge is 0.497 e. The van der Waals surface area contributed by atoms with Crippen LogP contribution in [0.5, 0.6) is 11.5 Å². The maximum Gasteiger partial charge on any atom is 0.243 e. The van der Waals surface area contributed by atoms with Crippen molar-refractivity contribution in [2.75, 3.05) is 27.4 Å². The predicted molar refractivity (Wildman–Crippen MR) is 129 cm³/mol. The van der Waals surface area contributed by atoms with Crippen LogP contribution in [0.2, 0.25) is 0 Å². The van der Waals surface area contributed by atoms with E-state index in [1.54, 1.807) is 38.5 Å². The molecule has 0 aliphatic carbocycles. The summed E-state index contributed by atoms with van der Waals surface area (Å²) in [6, 6.07) is 12.5. The van der Waals surface area contributed by atoms with Gasteiger partial charge >= 0.3 is 0 Å². The number of ether oxygens (including phenoxy) is 3. The molecule has 3 aromatic rings. The molecule has 7 nitrogen and oxygen atoms in total. The van der Waals surface area contributed by atoms with Crippen LogP contribution in [0, 0.1) is 13.8 Å². The van der Waals surface area contributed by atoms with Crippen LogP contribution >= 0.6 is 11.3 Å². The maximum absolute atomic E-state index is 13.3. The van der Waals surface area contributed by atoms with Crippen molar-refractivity contribution >= 4 is 21.4 Å². The Morgan fingerprint density at radius 2 is 1.70 bits per heavy atom. The van der Waals surface area contributed by atoms with Crippen molar-refractivity contribution in [3.8, 4) is 11.5 Å². The van der Waals surface area contributed by atoms with Crippen LogP contribution in [0.1, 0.15) is 28.2 Å². The molecule has 0 amide bonds. The Labute approximate surface area is 200 Å². The van der Waals surface area contributed by atoms with Crippen LogP contribution in [0.3, 0.4) is 0 Å². The van der Waals surface area contributed by atoms with Crippen molar-refractivity contribution in [2.24, 2.45) is 0 Å². The highest BCUT2D eigenvalue weighted by molar-refractivity contribution is 7.89. The molecule has 0 radical (unpaired) electrons. The van der Waals surface area contributed by atoms with E-state index in [1.165, 1.54) is 15.6 Å². The van der Waals surface area contributed by atoms with E-state index in [2.05, 4.69) is 11.1 Å². The second-order valence-corrected chi connectivity index (χ2v) is 10.6. The van der Waals surface area contributed by atoms with Crippen molar-refractivity contribution in [1.29, 1.82) is 0 Å². The number of hydrogen-bond donors (Lipinski definition) is 0. The molecule has 0 spiro atoms. The van der Waals surface area contributed by atoms with Crippen LogP contribution in [0.15, 0.2) is 52.7 Å². The highest BCUT2D eigenvalue weighted by Gasteiger charge is 2.25. The van der Waals surface area contributed by atoms with Crippen molar-refractivity contribution in [2.45, 2.75) is 38.3 Å². The fraction of sp³-hybridized carbons (Fsp3) is 0.375. The second-order valence-electron chi connectivity index (χ2n) is 7.71. The predicted octanol–water partition coefficient (Wildman–Crippen LogP) is 4.57. The van der Waals surface area contributed by atoms with Gasteiger partial charge in [0.25, 0.3) is 0 Å². The molecule has 0 fully saturated rings. The Hall–Kier alpha value is -2.46. The second kappa shape index (κ2) is 11.6. The quantitative estimate of drug-likeness (QED) is 0.346. The molecule has 0 N–H and O–H groups in total. The lowest BCUT2D eigenvalue weighted by molar-refractivity contribution is 0.186. The maximum atomic E-state index is 13.3. The van der Waals surface area contributed by atoms with Crippen LogP contribution in [0.4, 0.5) is 0 Å². The Morgan fingerprint density at radius 1 is 1.00 bits per heavy atom. The molecule has 1 aromatic heterocycles. The normalized spacial score (nSPS) is 11.7. The average molecular weight is 491 g/mol. The monoisotopic (exact) mass is 490 g/mol. The fourth-order valence-corrected chi connectivity index (χ4v) is 5.54. The van der Waals surface area contributed by atoms with Crippen LogP contribution in [0.25, 0.3) is 0 Å². The van der Waals surface area contributed by atoms with Gasteiger partial charge in [-0.15, -0.1) is 11.3 Å². The third-order valence-electron chi connectivity index (χ3n) is 4.95. The van der Waals surface area contributed by atoms with Crippen molar-refractivity contribution < 1.29 is 22.6 Å². The lowest BCUT2D eigenvalue weighted by Crippen LogP contribution is -2.32. The zero-order valence-corrected chi connectivity index (χ0v) is 21.0.